The summed E-state index contributed by atoms with van der Waals surface area (Å²) in [6.45, 7) is 9.79. The molecule has 11 heteroatoms. The molecule has 3 aromatic heterocycles. The molecule has 2 unspecified atom stereocenters. The summed E-state index contributed by atoms with van der Waals surface area (Å²) < 4.78 is 29.7. The number of nitrogens with zero attached hydrogens (tertiary/aromatic N) is 6. The number of fused-ring (bicyclic) bond motifs is 1. The van der Waals surface area contributed by atoms with Gasteiger partial charge in [-0.05, 0) is 25.3 Å². The van der Waals surface area contributed by atoms with E-state index < -0.39 is 6.43 Å². The SMILES string of the molecule is [C-]#[N+]c1c(NCCc2ccn(C3CCC3CO)n2)nc2c(CC)c(C(F)F)nn2c1N. The minimum atomic E-state index is -2.75. The summed E-state index contributed by atoms with van der Waals surface area (Å²) in [5, 5.41) is 20.9. The lowest BCUT2D eigenvalue weighted by Crippen LogP contribution is -2.31. The smallest absolute Gasteiger partial charge is 0.282 e. The second-order valence-electron chi connectivity index (χ2n) is 7.61. The van der Waals surface area contributed by atoms with Crippen molar-refractivity contribution in [1.29, 1.82) is 0 Å². The van der Waals surface area contributed by atoms with E-state index in [1.165, 1.54) is 0 Å². The molecule has 0 aliphatic heterocycles. The molecule has 0 radical (unpaired) electrons. The van der Waals surface area contributed by atoms with E-state index in [1.54, 1.807) is 6.92 Å². The first kappa shape index (κ1) is 21.0. The lowest BCUT2D eigenvalue weighted by atomic mass is 9.80. The highest BCUT2D eigenvalue weighted by atomic mass is 19.3. The van der Waals surface area contributed by atoms with Crippen LogP contribution >= 0.6 is 0 Å². The third kappa shape index (κ3) is 3.67. The second-order valence-corrected chi connectivity index (χ2v) is 7.61. The molecule has 1 aliphatic carbocycles. The van der Waals surface area contributed by atoms with Gasteiger partial charge >= 0.3 is 0 Å². The molecule has 0 spiro atoms. The number of aromatic nitrogens is 5. The number of hydrogen-bond acceptors (Lipinski definition) is 6. The quantitative estimate of drug-likeness (QED) is 0.474. The van der Waals surface area contributed by atoms with Crippen LogP contribution in [-0.4, -0.2) is 42.6 Å². The fourth-order valence-corrected chi connectivity index (χ4v) is 3.99. The molecule has 31 heavy (non-hydrogen) atoms. The Morgan fingerprint density at radius 1 is 1.39 bits per heavy atom. The molecule has 1 aliphatic rings. The van der Waals surface area contributed by atoms with Crippen molar-refractivity contribution in [3.63, 3.8) is 0 Å². The Morgan fingerprint density at radius 2 is 2.19 bits per heavy atom. The summed E-state index contributed by atoms with van der Waals surface area (Å²) in [6.07, 6.45) is 2.08. The largest absolute Gasteiger partial charge is 0.396 e. The number of halogens is 2. The number of nitrogens with two attached hydrogens (primary N) is 1. The van der Waals surface area contributed by atoms with E-state index in [2.05, 4.69) is 25.3 Å². The average Bonchev–Trinajstić information content (AvgIpc) is 3.32. The van der Waals surface area contributed by atoms with Gasteiger partial charge in [0.1, 0.15) is 17.3 Å². The number of aliphatic hydroxyl groups excluding tert-OH is 1. The summed E-state index contributed by atoms with van der Waals surface area (Å²) in [5.41, 5.74) is 7.16. The van der Waals surface area contributed by atoms with E-state index in [9.17, 15) is 13.9 Å². The number of hydrogen-bond donors (Lipinski definition) is 3. The van der Waals surface area contributed by atoms with Crippen molar-refractivity contribution >= 4 is 23.0 Å². The van der Waals surface area contributed by atoms with Crippen LogP contribution in [0.25, 0.3) is 10.5 Å². The first-order valence-corrected chi connectivity index (χ1v) is 10.2. The summed E-state index contributed by atoms with van der Waals surface area (Å²) in [6, 6.07) is 2.17. The van der Waals surface area contributed by atoms with Gasteiger partial charge in [-0.1, -0.05) is 6.92 Å². The van der Waals surface area contributed by atoms with Crippen molar-refractivity contribution in [1.82, 2.24) is 24.4 Å². The summed E-state index contributed by atoms with van der Waals surface area (Å²) in [5.74, 6) is 0.482. The van der Waals surface area contributed by atoms with Gasteiger partial charge < -0.3 is 16.2 Å². The molecule has 1 saturated carbocycles. The molecule has 4 N–H and O–H groups in total. The number of nitrogen functional groups attached to an aromatic ring is 1. The van der Waals surface area contributed by atoms with Gasteiger partial charge in [-0.25, -0.2) is 23.1 Å². The fourth-order valence-electron chi connectivity index (χ4n) is 3.99. The van der Waals surface area contributed by atoms with E-state index in [1.807, 2.05) is 16.9 Å². The van der Waals surface area contributed by atoms with Gasteiger partial charge in [-0.3, -0.25) is 4.68 Å². The maximum Gasteiger partial charge on any atom is 0.282 e. The molecule has 0 saturated heterocycles. The summed E-state index contributed by atoms with van der Waals surface area (Å²) >= 11 is 0. The number of nitrogens with one attached hydrogen (secondary N) is 1. The van der Waals surface area contributed by atoms with Crippen LogP contribution in [-0.2, 0) is 12.8 Å². The number of aryl methyl sites for hydroxylation is 1. The van der Waals surface area contributed by atoms with Crippen LogP contribution in [0.5, 0.6) is 0 Å². The van der Waals surface area contributed by atoms with Gasteiger partial charge in [0.25, 0.3) is 12.1 Å². The Bertz CT molecular complexity index is 1130. The van der Waals surface area contributed by atoms with Crippen LogP contribution in [0.4, 0.5) is 26.1 Å². The monoisotopic (exact) mass is 430 g/mol. The van der Waals surface area contributed by atoms with Crippen LogP contribution < -0.4 is 11.1 Å². The standard InChI is InChI=1S/C20H24F2N8O/c1-3-13-15(17(21)22)28-30-18(23)16(24-2)19(26-20(13)30)25-8-6-12-7-9-29(27-12)14-5-4-11(14)10-31/h7,9,11,14,17,31H,3-6,8,10,23H2,1H3,(H,25,26). The van der Waals surface area contributed by atoms with Crippen molar-refractivity contribution in [2.24, 2.45) is 5.92 Å². The van der Waals surface area contributed by atoms with Crippen molar-refractivity contribution < 1.29 is 13.9 Å². The Kier molecular flexibility index (Phi) is 5.73. The predicted molar refractivity (Wildman–Crippen MR) is 111 cm³/mol. The first-order chi connectivity index (χ1) is 15.0. The van der Waals surface area contributed by atoms with Gasteiger partial charge in [0.15, 0.2) is 5.65 Å². The molecular weight excluding hydrogens is 406 g/mol. The van der Waals surface area contributed by atoms with Crippen molar-refractivity contribution in [2.75, 3.05) is 24.2 Å². The fraction of sp³-hybridized carbons (Fsp3) is 0.500. The molecule has 0 amide bonds. The second kappa shape index (κ2) is 8.47. The van der Waals surface area contributed by atoms with Crippen LogP contribution in [0.1, 0.15) is 49.2 Å². The summed E-state index contributed by atoms with van der Waals surface area (Å²) in [7, 11) is 0. The summed E-state index contributed by atoms with van der Waals surface area (Å²) in [4.78, 5) is 7.82. The third-order valence-electron chi connectivity index (χ3n) is 5.86. The van der Waals surface area contributed by atoms with E-state index in [0.717, 1.165) is 23.1 Å². The number of rotatable bonds is 8. The van der Waals surface area contributed by atoms with E-state index in [4.69, 9.17) is 12.3 Å². The molecule has 164 valence electrons. The number of aliphatic hydroxyl groups is 1. The normalized spacial score (nSPS) is 18.3. The van der Waals surface area contributed by atoms with Gasteiger partial charge in [0.05, 0.1) is 18.3 Å². The van der Waals surface area contributed by atoms with Crippen LogP contribution in [0, 0.1) is 12.5 Å². The van der Waals surface area contributed by atoms with E-state index in [-0.39, 0.29) is 47.2 Å². The molecule has 2 atom stereocenters. The zero-order valence-corrected chi connectivity index (χ0v) is 17.1. The van der Waals surface area contributed by atoms with E-state index in [0.29, 0.717) is 24.9 Å². The molecule has 0 bridgehead atoms. The van der Waals surface area contributed by atoms with Gasteiger partial charge in [-0.2, -0.15) is 10.2 Å². The van der Waals surface area contributed by atoms with Crippen LogP contribution in [0.2, 0.25) is 0 Å². The van der Waals surface area contributed by atoms with Gasteiger partial charge in [0.2, 0.25) is 0 Å². The maximum atomic E-state index is 13.3. The zero-order chi connectivity index (χ0) is 22.1. The first-order valence-electron chi connectivity index (χ1n) is 10.2. The minimum Gasteiger partial charge on any atom is -0.396 e. The number of alkyl halides is 2. The topological polar surface area (TPSA) is 111 Å². The molecule has 0 aromatic carbocycles. The lowest BCUT2D eigenvalue weighted by molar-refractivity contribution is 0.0892. The third-order valence-corrected chi connectivity index (χ3v) is 5.86. The minimum absolute atomic E-state index is 0.0200. The van der Waals surface area contributed by atoms with Crippen molar-refractivity contribution in [2.45, 2.75) is 45.1 Å². The Balaban J connectivity index is 1.53. The van der Waals surface area contributed by atoms with Crippen molar-refractivity contribution in [3.8, 4) is 0 Å². The average molecular weight is 430 g/mol. The Hall–Kier alpha value is -3.26. The Labute approximate surface area is 177 Å². The molecule has 1 fully saturated rings. The molecular formula is C20H24F2N8O. The van der Waals surface area contributed by atoms with Gasteiger partial charge in [-0.15, -0.1) is 0 Å². The maximum absolute atomic E-state index is 13.3. The molecule has 3 heterocycles. The highest BCUT2D eigenvalue weighted by Crippen LogP contribution is 2.38. The van der Waals surface area contributed by atoms with Crippen molar-refractivity contribution in [3.05, 3.63) is 40.6 Å². The zero-order valence-electron chi connectivity index (χ0n) is 17.1. The van der Waals surface area contributed by atoms with E-state index >= 15 is 0 Å². The van der Waals surface area contributed by atoms with Crippen LogP contribution in [0.15, 0.2) is 12.3 Å². The molecule has 3 aromatic rings. The highest BCUT2D eigenvalue weighted by molar-refractivity contribution is 5.80. The molecule has 4 rings (SSSR count). The predicted octanol–water partition coefficient (Wildman–Crippen LogP) is 3.16. The van der Waals surface area contributed by atoms with Crippen LogP contribution in [0.3, 0.4) is 0 Å². The highest BCUT2D eigenvalue weighted by Gasteiger charge is 2.32. The van der Waals surface area contributed by atoms with Gasteiger partial charge in [0, 0.05) is 37.3 Å². The Morgan fingerprint density at radius 3 is 2.81 bits per heavy atom. The number of anilines is 2. The molecule has 9 nitrogen and oxygen atoms in total. The lowest BCUT2D eigenvalue weighted by Gasteiger charge is -2.35.